The van der Waals surface area contributed by atoms with Crippen LogP contribution in [0, 0.1) is 5.41 Å². The van der Waals surface area contributed by atoms with Crippen molar-refractivity contribution in [2.24, 2.45) is 5.41 Å². The summed E-state index contributed by atoms with van der Waals surface area (Å²) >= 11 is 0. The van der Waals surface area contributed by atoms with Crippen LogP contribution >= 0.6 is 0 Å². The number of esters is 1. The minimum atomic E-state index is -1.03. The molecule has 5 nitrogen and oxygen atoms in total. The Morgan fingerprint density at radius 2 is 1.70 bits per heavy atom. The summed E-state index contributed by atoms with van der Waals surface area (Å²) in [6, 6.07) is 18.9. The molecule has 2 amide bonds. The minimum absolute atomic E-state index is 0.0341. The van der Waals surface area contributed by atoms with Crippen molar-refractivity contribution in [1.82, 2.24) is 0 Å². The van der Waals surface area contributed by atoms with Crippen LogP contribution in [0.2, 0.25) is 0 Å². The van der Waals surface area contributed by atoms with Crippen molar-refractivity contribution in [2.45, 2.75) is 38.5 Å². The Bertz CT molecular complexity index is 983. The maximum atomic E-state index is 13.7. The van der Waals surface area contributed by atoms with Crippen molar-refractivity contribution in [1.29, 1.82) is 0 Å². The minimum Gasteiger partial charge on any atom is -0.463 e. The molecule has 5 heteroatoms. The molecule has 4 rings (SSSR count). The molecule has 0 aromatic heterocycles. The van der Waals surface area contributed by atoms with Gasteiger partial charge in [0.05, 0.1) is 17.7 Å². The molecule has 2 aromatic rings. The van der Waals surface area contributed by atoms with Crippen molar-refractivity contribution in [3.8, 4) is 0 Å². The number of hydrogen-bond donors (Lipinski definition) is 0. The van der Waals surface area contributed by atoms with E-state index in [0.717, 1.165) is 12.0 Å². The number of piperidine rings is 1. The molecule has 0 N–H and O–H groups in total. The molecule has 1 heterocycles. The maximum absolute atomic E-state index is 13.7. The molecule has 2 aromatic carbocycles. The fraction of sp³-hybridized carbons (Fsp3) is 0.320. The summed E-state index contributed by atoms with van der Waals surface area (Å²) in [4.78, 5) is 40.6. The fourth-order valence-corrected chi connectivity index (χ4v) is 4.60. The van der Waals surface area contributed by atoms with Crippen LogP contribution in [0.3, 0.4) is 0 Å². The first-order chi connectivity index (χ1) is 14.6. The summed E-state index contributed by atoms with van der Waals surface area (Å²) in [6.07, 6.45) is 3.68. The Morgan fingerprint density at radius 1 is 1.03 bits per heavy atom. The van der Waals surface area contributed by atoms with Gasteiger partial charge in [0.1, 0.15) is 0 Å². The number of carbonyl (C=O) groups excluding carboxylic acids is 3. The van der Waals surface area contributed by atoms with Crippen molar-refractivity contribution in [3.63, 3.8) is 0 Å². The summed E-state index contributed by atoms with van der Waals surface area (Å²) in [5.74, 6) is -0.985. The van der Waals surface area contributed by atoms with Gasteiger partial charge in [0.25, 0.3) is 0 Å². The molecular formula is C25H25NO4. The van der Waals surface area contributed by atoms with Crippen LogP contribution < -0.4 is 4.90 Å². The van der Waals surface area contributed by atoms with Gasteiger partial charge in [0.2, 0.25) is 11.8 Å². The third-order valence-electron chi connectivity index (χ3n) is 6.13. The highest BCUT2D eigenvalue weighted by molar-refractivity contribution is 6.21. The van der Waals surface area contributed by atoms with Gasteiger partial charge in [-0.1, -0.05) is 54.6 Å². The van der Waals surface area contributed by atoms with Crippen LogP contribution in [-0.2, 0) is 19.1 Å². The SMILES string of the molecule is CCOC(=O)C1=CC(c2ccccc2)CCC12CCC(=O)N(c1ccccc1)C2=O. The van der Waals surface area contributed by atoms with Crippen LogP contribution in [0.4, 0.5) is 5.69 Å². The standard InChI is InChI=1S/C25H25NO4/c1-2-30-23(28)21-17-19(18-9-5-3-6-10-18)13-15-25(21)16-14-22(27)26(24(25)29)20-11-7-4-8-12-20/h3-12,17,19H,2,13-16H2,1H3. The van der Waals surface area contributed by atoms with Crippen LogP contribution in [0.25, 0.3) is 0 Å². The van der Waals surface area contributed by atoms with Crippen LogP contribution in [0.15, 0.2) is 72.3 Å². The highest BCUT2D eigenvalue weighted by Crippen LogP contribution is 2.50. The van der Waals surface area contributed by atoms with E-state index in [4.69, 9.17) is 4.74 Å². The van der Waals surface area contributed by atoms with Gasteiger partial charge >= 0.3 is 5.97 Å². The Balaban J connectivity index is 1.77. The predicted octanol–water partition coefficient (Wildman–Crippen LogP) is 4.39. The third-order valence-corrected chi connectivity index (χ3v) is 6.13. The van der Waals surface area contributed by atoms with E-state index in [2.05, 4.69) is 0 Å². The van der Waals surface area contributed by atoms with Gasteiger partial charge in [0.15, 0.2) is 0 Å². The first-order valence-corrected chi connectivity index (χ1v) is 10.4. The van der Waals surface area contributed by atoms with Gasteiger partial charge in [0, 0.05) is 17.9 Å². The molecule has 1 aliphatic heterocycles. The summed E-state index contributed by atoms with van der Waals surface area (Å²) in [5, 5.41) is 0. The number of ether oxygens (including phenoxy) is 1. The second kappa shape index (κ2) is 8.27. The molecule has 2 unspecified atom stereocenters. The Kier molecular flexibility index (Phi) is 5.53. The number of nitrogens with zero attached hydrogens (tertiary/aromatic N) is 1. The Labute approximate surface area is 176 Å². The molecule has 1 spiro atoms. The zero-order valence-corrected chi connectivity index (χ0v) is 17.0. The molecule has 1 fully saturated rings. The smallest absolute Gasteiger partial charge is 0.334 e. The summed E-state index contributed by atoms with van der Waals surface area (Å²) in [5.41, 5.74) is 1.01. The fourth-order valence-electron chi connectivity index (χ4n) is 4.60. The molecular weight excluding hydrogens is 378 g/mol. The van der Waals surface area contributed by atoms with Gasteiger partial charge in [-0.15, -0.1) is 0 Å². The molecule has 0 radical (unpaired) electrons. The number of para-hydroxylation sites is 1. The average molecular weight is 403 g/mol. The second-order valence-corrected chi connectivity index (χ2v) is 7.81. The monoisotopic (exact) mass is 403 g/mol. The molecule has 30 heavy (non-hydrogen) atoms. The Hall–Kier alpha value is -3.21. The maximum Gasteiger partial charge on any atom is 0.334 e. The predicted molar refractivity (Wildman–Crippen MR) is 114 cm³/mol. The summed E-state index contributed by atoms with van der Waals surface area (Å²) < 4.78 is 5.35. The van der Waals surface area contributed by atoms with E-state index in [1.54, 1.807) is 31.2 Å². The van der Waals surface area contributed by atoms with Gasteiger partial charge in [-0.2, -0.15) is 0 Å². The number of carbonyl (C=O) groups is 3. The average Bonchev–Trinajstić information content (AvgIpc) is 2.78. The molecule has 154 valence electrons. The van der Waals surface area contributed by atoms with E-state index in [1.165, 1.54) is 4.90 Å². The summed E-state index contributed by atoms with van der Waals surface area (Å²) in [7, 11) is 0. The lowest BCUT2D eigenvalue weighted by atomic mass is 9.64. The molecule has 2 aliphatic rings. The van der Waals surface area contributed by atoms with E-state index in [-0.39, 0.29) is 30.8 Å². The van der Waals surface area contributed by atoms with E-state index in [0.29, 0.717) is 24.1 Å². The van der Waals surface area contributed by atoms with Crippen molar-refractivity contribution in [3.05, 3.63) is 77.9 Å². The normalized spacial score (nSPS) is 24.0. The largest absolute Gasteiger partial charge is 0.463 e. The van der Waals surface area contributed by atoms with Gasteiger partial charge < -0.3 is 4.74 Å². The third kappa shape index (κ3) is 3.45. The first kappa shape index (κ1) is 20.1. The second-order valence-electron chi connectivity index (χ2n) is 7.81. The van der Waals surface area contributed by atoms with Crippen LogP contribution in [0.5, 0.6) is 0 Å². The zero-order valence-electron chi connectivity index (χ0n) is 17.0. The number of benzene rings is 2. The highest BCUT2D eigenvalue weighted by Gasteiger charge is 2.53. The quantitative estimate of drug-likeness (QED) is 0.561. The van der Waals surface area contributed by atoms with E-state index in [9.17, 15) is 14.4 Å². The number of hydrogen-bond acceptors (Lipinski definition) is 4. The number of imide groups is 1. The number of allylic oxidation sites excluding steroid dienone is 1. The van der Waals surface area contributed by atoms with Crippen LogP contribution in [0.1, 0.15) is 44.1 Å². The number of rotatable bonds is 4. The van der Waals surface area contributed by atoms with E-state index in [1.807, 2.05) is 42.5 Å². The molecule has 2 atom stereocenters. The lowest BCUT2D eigenvalue weighted by Gasteiger charge is -2.44. The van der Waals surface area contributed by atoms with Crippen molar-refractivity contribution < 1.29 is 19.1 Å². The lowest BCUT2D eigenvalue weighted by molar-refractivity contribution is -0.145. The number of anilines is 1. The molecule has 1 saturated heterocycles. The van der Waals surface area contributed by atoms with Gasteiger partial charge in [-0.25, -0.2) is 9.69 Å². The van der Waals surface area contributed by atoms with Gasteiger partial charge in [-0.05, 0) is 43.9 Å². The molecule has 0 bridgehead atoms. The summed E-state index contributed by atoms with van der Waals surface area (Å²) in [6.45, 7) is 1.99. The zero-order chi connectivity index (χ0) is 21.1. The first-order valence-electron chi connectivity index (χ1n) is 10.4. The van der Waals surface area contributed by atoms with Crippen molar-refractivity contribution >= 4 is 23.5 Å². The van der Waals surface area contributed by atoms with E-state index >= 15 is 0 Å². The van der Waals surface area contributed by atoms with Crippen LogP contribution in [-0.4, -0.2) is 24.4 Å². The van der Waals surface area contributed by atoms with Gasteiger partial charge in [-0.3, -0.25) is 9.59 Å². The number of amides is 2. The van der Waals surface area contributed by atoms with E-state index < -0.39 is 11.4 Å². The lowest BCUT2D eigenvalue weighted by Crippen LogP contribution is -2.54. The molecule has 0 saturated carbocycles. The molecule has 1 aliphatic carbocycles. The Morgan fingerprint density at radius 3 is 2.37 bits per heavy atom. The topological polar surface area (TPSA) is 63.7 Å². The van der Waals surface area contributed by atoms with Crippen molar-refractivity contribution in [2.75, 3.05) is 11.5 Å². The highest BCUT2D eigenvalue weighted by atomic mass is 16.5.